The summed E-state index contributed by atoms with van der Waals surface area (Å²) in [5.41, 5.74) is -0.370. The summed E-state index contributed by atoms with van der Waals surface area (Å²) in [6.07, 6.45) is 0.475. The van der Waals surface area contributed by atoms with Crippen LogP contribution in [0, 0.1) is 0 Å². The van der Waals surface area contributed by atoms with E-state index in [1.807, 2.05) is 0 Å². The minimum absolute atomic E-state index is 0.0394. The van der Waals surface area contributed by atoms with Crippen LogP contribution in [0.4, 0.5) is 0 Å². The van der Waals surface area contributed by atoms with Crippen LogP contribution in [0.15, 0.2) is 18.3 Å². The monoisotopic (exact) mass is 254 g/mol. The third kappa shape index (κ3) is 3.79. The molecular formula is C11H14N2O5. The molecule has 0 aromatic carbocycles. The van der Waals surface area contributed by atoms with Crippen LogP contribution in [0.1, 0.15) is 20.8 Å². The molecule has 1 heterocycles. The Morgan fingerprint density at radius 1 is 1.56 bits per heavy atom. The number of carboxylic acid groups (broad SMARTS) is 1. The van der Waals surface area contributed by atoms with E-state index in [4.69, 9.17) is 9.84 Å². The Hall–Kier alpha value is -1.99. The number of aliphatic hydroxyl groups is 1. The zero-order chi connectivity index (χ0) is 13.5. The normalized spacial score (nSPS) is 11.9. The number of carbonyl (C=O) groups is 2. The van der Waals surface area contributed by atoms with Gasteiger partial charge in [-0.2, -0.15) is 0 Å². The highest BCUT2D eigenvalue weighted by Gasteiger charge is 2.17. The Balaban J connectivity index is 2.70. The highest BCUT2D eigenvalue weighted by Crippen LogP contribution is 2.05. The van der Waals surface area contributed by atoms with Crippen molar-refractivity contribution in [1.82, 2.24) is 10.3 Å². The van der Waals surface area contributed by atoms with Crippen LogP contribution in [-0.4, -0.2) is 53.4 Å². The van der Waals surface area contributed by atoms with Gasteiger partial charge in [0.15, 0.2) is 0 Å². The largest absolute Gasteiger partial charge is 0.478 e. The minimum atomic E-state index is -1.23. The molecule has 7 nitrogen and oxygen atoms in total. The first kappa shape index (κ1) is 14.1. The van der Waals surface area contributed by atoms with Gasteiger partial charge in [0.25, 0.3) is 5.91 Å². The predicted molar refractivity (Wildman–Crippen MR) is 61.4 cm³/mol. The van der Waals surface area contributed by atoms with Crippen molar-refractivity contribution in [2.75, 3.05) is 20.3 Å². The number of amides is 1. The number of nitrogens with zero attached hydrogens (tertiary/aromatic N) is 1. The molecule has 0 spiro atoms. The van der Waals surface area contributed by atoms with Crippen molar-refractivity contribution in [2.24, 2.45) is 0 Å². The molecular weight excluding hydrogens is 240 g/mol. The maximum Gasteiger partial charge on any atom is 0.338 e. The third-order valence-corrected chi connectivity index (χ3v) is 2.11. The molecule has 1 aromatic rings. The molecule has 1 amide bonds. The van der Waals surface area contributed by atoms with Crippen LogP contribution in [-0.2, 0) is 4.74 Å². The Morgan fingerprint density at radius 3 is 2.89 bits per heavy atom. The third-order valence-electron chi connectivity index (χ3n) is 2.11. The van der Waals surface area contributed by atoms with Gasteiger partial charge in [-0.3, -0.25) is 9.78 Å². The molecule has 0 aliphatic heterocycles. The van der Waals surface area contributed by atoms with Crippen LogP contribution < -0.4 is 5.32 Å². The lowest BCUT2D eigenvalue weighted by atomic mass is 10.2. The summed E-state index contributed by atoms with van der Waals surface area (Å²) in [7, 11) is 1.42. The number of aromatic carboxylic acids is 1. The summed E-state index contributed by atoms with van der Waals surface area (Å²) in [6.45, 7) is 0.0383. The zero-order valence-electron chi connectivity index (χ0n) is 9.79. The van der Waals surface area contributed by atoms with Gasteiger partial charge in [-0.1, -0.05) is 0 Å². The summed E-state index contributed by atoms with van der Waals surface area (Å²) in [6, 6.07) is 2.72. The molecule has 0 aliphatic carbocycles. The van der Waals surface area contributed by atoms with E-state index in [2.05, 4.69) is 10.3 Å². The van der Waals surface area contributed by atoms with Gasteiger partial charge in [0.05, 0.1) is 18.3 Å². The van der Waals surface area contributed by atoms with Crippen molar-refractivity contribution in [2.45, 2.75) is 6.10 Å². The second kappa shape index (κ2) is 6.67. The van der Waals surface area contributed by atoms with E-state index in [1.165, 1.54) is 25.4 Å². The van der Waals surface area contributed by atoms with Gasteiger partial charge < -0.3 is 20.3 Å². The molecule has 3 N–H and O–H groups in total. The minimum Gasteiger partial charge on any atom is -0.478 e. The van der Waals surface area contributed by atoms with Crippen molar-refractivity contribution in [3.8, 4) is 0 Å². The lowest BCUT2D eigenvalue weighted by molar-refractivity contribution is 0.0605. The van der Waals surface area contributed by atoms with Crippen LogP contribution in [0.2, 0.25) is 0 Å². The highest BCUT2D eigenvalue weighted by molar-refractivity contribution is 6.03. The fraction of sp³-hybridized carbons (Fsp3) is 0.364. The Bertz CT molecular complexity index is 435. The van der Waals surface area contributed by atoms with Gasteiger partial charge in [-0.15, -0.1) is 0 Å². The fourth-order valence-electron chi connectivity index (χ4n) is 1.30. The summed E-state index contributed by atoms with van der Waals surface area (Å²) < 4.78 is 4.69. The molecule has 98 valence electrons. The lowest BCUT2D eigenvalue weighted by Crippen LogP contribution is -2.35. The highest BCUT2D eigenvalue weighted by atomic mass is 16.5. The first-order valence-electron chi connectivity index (χ1n) is 5.19. The first-order chi connectivity index (χ1) is 8.56. The van der Waals surface area contributed by atoms with E-state index in [-0.39, 0.29) is 24.4 Å². The Morgan fingerprint density at radius 2 is 2.28 bits per heavy atom. The van der Waals surface area contributed by atoms with E-state index in [0.717, 1.165) is 0 Å². The van der Waals surface area contributed by atoms with Crippen LogP contribution in [0.3, 0.4) is 0 Å². The van der Waals surface area contributed by atoms with Gasteiger partial charge in [0.1, 0.15) is 5.69 Å². The Labute approximate surface area is 103 Å². The zero-order valence-corrected chi connectivity index (χ0v) is 9.79. The molecule has 0 bridgehead atoms. The van der Waals surface area contributed by atoms with Crippen molar-refractivity contribution in [3.05, 3.63) is 29.6 Å². The number of aromatic nitrogens is 1. The maximum atomic E-state index is 11.7. The van der Waals surface area contributed by atoms with E-state index in [1.54, 1.807) is 0 Å². The van der Waals surface area contributed by atoms with Crippen molar-refractivity contribution >= 4 is 11.9 Å². The number of ether oxygens (including phenoxy) is 1. The van der Waals surface area contributed by atoms with Crippen molar-refractivity contribution in [1.29, 1.82) is 0 Å². The molecule has 1 atom stereocenters. The van der Waals surface area contributed by atoms with Crippen molar-refractivity contribution in [3.63, 3.8) is 0 Å². The van der Waals surface area contributed by atoms with Gasteiger partial charge >= 0.3 is 5.97 Å². The maximum absolute atomic E-state index is 11.7. The molecule has 1 unspecified atom stereocenters. The van der Waals surface area contributed by atoms with Crippen LogP contribution in [0.5, 0.6) is 0 Å². The summed E-state index contributed by atoms with van der Waals surface area (Å²) in [5, 5.41) is 20.6. The van der Waals surface area contributed by atoms with Gasteiger partial charge in [-0.05, 0) is 12.1 Å². The second-order valence-corrected chi connectivity index (χ2v) is 3.52. The van der Waals surface area contributed by atoms with Gasteiger partial charge in [-0.25, -0.2) is 4.79 Å². The summed E-state index contributed by atoms with van der Waals surface area (Å²) in [4.78, 5) is 26.3. The molecule has 0 radical (unpaired) electrons. The molecule has 18 heavy (non-hydrogen) atoms. The van der Waals surface area contributed by atoms with E-state index >= 15 is 0 Å². The Kier molecular flexibility index (Phi) is 5.22. The smallest absolute Gasteiger partial charge is 0.338 e. The van der Waals surface area contributed by atoms with Gasteiger partial charge in [0.2, 0.25) is 0 Å². The lowest BCUT2D eigenvalue weighted by Gasteiger charge is -2.11. The number of methoxy groups -OCH3 is 1. The number of hydrogen-bond acceptors (Lipinski definition) is 5. The molecule has 0 saturated carbocycles. The number of hydrogen-bond donors (Lipinski definition) is 3. The van der Waals surface area contributed by atoms with Crippen LogP contribution in [0.25, 0.3) is 0 Å². The van der Waals surface area contributed by atoms with E-state index in [0.29, 0.717) is 0 Å². The second-order valence-electron chi connectivity index (χ2n) is 3.52. The number of rotatable bonds is 6. The first-order valence-corrected chi connectivity index (χ1v) is 5.19. The number of pyridine rings is 1. The van der Waals surface area contributed by atoms with Gasteiger partial charge in [0, 0.05) is 19.9 Å². The van der Waals surface area contributed by atoms with E-state index < -0.39 is 18.0 Å². The number of aliphatic hydroxyl groups excluding tert-OH is 1. The summed E-state index contributed by atoms with van der Waals surface area (Å²) in [5.74, 6) is -1.88. The predicted octanol–water partition coefficient (Wildman–Crippen LogP) is -0.483. The van der Waals surface area contributed by atoms with Crippen LogP contribution >= 0.6 is 0 Å². The standard InChI is InChI=1S/C11H14N2O5/c1-18-6-7(14)5-13-10(15)9-8(11(16)17)3-2-4-12-9/h2-4,7,14H,5-6H2,1H3,(H,13,15)(H,16,17). The average molecular weight is 254 g/mol. The topological polar surface area (TPSA) is 109 Å². The summed E-state index contributed by atoms with van der Waals surface area (Å²) >= 11 is 0. The molecule has 0 fully saturated rings. The molecule has 1 aromatic heterocycles. The molecule has 1 rings (SSSR count). The fourth-order valence-corrected chi connectivity index (χ4v) is 1.30. The average Bonchev–Trinajstić information content (AvgIpc) is 2.36. The molecule has 0 aliphatic rings. The van der Waals surface area contributed by atoms with E-state index in [9.17, 15) is 14.7 Å². The van der Waals surface area contributed by atoms with Crippen molar-refractivity contribution < 1.29 is 24.5 Å². The molecule has 7 heteroatoms. The molecule has 0 saturated heterocycles. The number of nitrogens with one attached hydrogen (secondary N) is 1. The number of carbonyl (C=O) groups excluding carboxylic acids is 1. The quantitative estimate of drug-likeness (QED) is 0.632. The number of carboxylic acids is 1. The SMILES string of the molecule is COCC(O)CNC(=O)c1ncccc1C(=O)O.